The highest BCUT2D eigenvalue weighted by atomic mass is 16.5. The van der Waals surface area contributed by atoms with Gasteiger partial charge in [0.1, 0.15) is 0 Å². The molecule has 1 saturated carbocycles. The average molecular weight is 339 g/mol. The average Bonchev–Trinajstić information content (AvgIpc) is 2.95. The van der Waals surface area contributed by atoms with E-state index in [2.05, 4.69) is 30.6 Å². The second-order valence-corrected chi connectivity index (χ2v) is 8.48. The van der Waals surface area contributed by atoms with Crippen molar-refractivity contribution in [2.75, 3.05) is 39.3 Å². The van der Waals surface area contributed by atoms with Crippen molar-refractivity contribution in [3.63, 3.8) is 0 Å². The van der Waals surface area contributed by atoms with Crippen LogP contribution in [0.2, 0.25) is 0 Å². The largest absolute Gasteiger partial charge is 0.377 e. The van der Waals surface area contributed by atoms with E-state index in [1.165, 1.54) is 51.6 Å². The van der Waals surface area contributed by atoms with E-state index >= 15 is 0 Å². The number of rotatable bonds is 6. The summed E-state index contributed by atoms with van der Waals surface area (Å²) in [5, 5.41) is 0. The number of likely N-dealkylation sites (tertiary alicyclic amines) is 1. The topological polar surface area (TPSA) is 24.9 Å². The molecule has 0 radical (unpaired) electrons. The number of morpholine rings is 1. The van der Waals surface area contributed by atoms with E-state index in [-0.39, 0.29) is 0 Å². The van der Waals surface area contributed by atoms with Gasteiger partial charge < -0.3 is 9.47 Å². The van der Waals surface area contributed by atoms with Gasteiger partial charge in [-0.1, -0.05) is 19.8 Å². The van der Waals surface area contributed by atoms with E-state index in [1.54, 1.807) is 0 Å². The molecule has 0 spiro atoms. The Balaban J connectivity index is 1.40. The lowest BCUT2D eigenvalue weighted by molar-refractivity contribution is -0.0733. The molecule has 0 N–H and O–H groups in total. The first-order valence-electron chi connectivity index (χ1n) is 10.3. The van der Waals surface area contributed by atoms with Crippen LogP contribution in [0, 0.1) is 5.92 Å². The molecule has 0 bridgehead atoms. The van der Waals surface area contributed by atoms with E-state index in [0.29, 0.717) is 18.3 Å². The first-order valence-corrected chi connectivity index (χ1v) is 10.3. The molecule has 2 heterocycles. The van der Waals surface area contributed by atoms with Gasteiger partial charge in [-0.05, 0) is 52.0 Å². The van der Waals surface area contributed by atoms with Gasteiger partial charge in [0.05, 0.1) is 24.9 Å². The van der Waals surface area contributed by atoms with Crippen LogP contribution in [0.25, 0.3) is 0 Å². The fraction of sp³-hybridized carbons (Fsp3) is 1.00. The van der Waals surface area contributed by atoms with Crippen LogP contribution in [0.3, 0.4) is 0 Å². The summed E-state index contributed by atoms with van der Waals surface area (Å²) in [5.74, 6) is 0.754. The minimum atomic E-state index is 0.375. The van der Waals surface area contributed by atoms with E-state index in [1.807, 2.05) is 0 Å². The summed E-state index contributed by atoms with van der Waals surface area (Å²) in [6, 6.07) is 0.717. The summed E-state index contributed by atoms with van der Waals surface area (Å²) in [6.07, 6.45) is 9.33. The number of nitrogens with zero attached hydrogens (tertiary/aromatic N) is 2. The summed E-state index contributed by atoms with van der Waals surface area (Å²) in [7, 11) is 0. The summed E-state index contributed by atoms with van der Waals surface area (Å²) in [5.41, 5.74) is 0. The smallest absolute Gasteiger partial charge is 0.0678 e. The normalized spacial score (nSPS) is 39.4. The lowest BCUT2D eigenvalue weighted by Crippen LogP contribution is -2.50. The minimum absolute atomic E-state index is 0.375. The van der Waals surface area contributed by atoms with Crippen LogP contribution in [0.15, 0.2) is 0 Å². The molecular formula is C20H38N2O2. The van der Waals surface area contributed by atoms with E-state index < -0.39 is 0 Å². The fourth-order valence-corrected chi connectivity index (χ4v) is 4.98. The van der Waals surface area contributed by atoms with Crippen LogP contribution >= 0.6 is 0 Å². The van der Waals surface area contributed by atoms with Gasteiger partial charge in [0.25, 0.3) is 0 Å². The fourth-order valence-electron chi connectivity index (χ4n) is 4.98. The number of hydrogen-bond donors (Lipinski definition) is 0. The lowest BCUT2D eigenvalue weighted by Gasteiger charge is -2.38. The van der Waals surface area contributed by atoms with E-state index in [4.69, 9.17) is 9.47 Å². The molecule has 2 aliphatic heterocycles. The first-order chi connectivity index (χ1) is 11.6. The Morgan fingerprint density at radius 2 is 1.71 bits per heavy atom. The first kappa shape index (κ1) is 18.6. The number of hydrogen-bond acceptors (Lipinski definition) is 4. The summed E-state index contributed by atoms with van der Waals surface area (Å²) < 4.78 is 12.1. The molecule has 5 atom stereocenters. The van der Waals surface area contributed by atoms with Gasteiger partial charge in [-0.25, -0.2) is 0 Å². The monoisotopic (exact) mass is 338 g/mol. The molecular weight excluding hydrogens is 300 g/mol. The number of ether oxygens (including phenoxy) is 2. The highest BCUT2D eigenvalue weighted by Gasteiger charge is 2.30. The van der Waals surface area contributed by atoms with Crippen molar-refractivity contribution in [1.82, 2.24) is 9.80 Å². The van der Waals surface area contributed by atoms with Gasteiger partial charge in [0.2, 0.25) is 0 Å². The summed E-state index contributed by atoms with van der Waals surface area (Å²) in [4.78, 5) is 5.30. The second kappa shape index (κ2) is 8.98. The van der Waals surface area contributed by atoms with Crippen molar-refractivity contribution in [2.45, 2.75) is 83.6 Å². The molecule has 0 aromatic heterocycles. The molecule has 2 saturated heterocycles. The Kier molecular flexibility index (Phi) is 6.97. The Morgan fingerprint density at radius 3 is 2.46 bits per heavy atom. The van der Waals surface area contributed by atoms with Gasteiger partial charge in [-0.15, -0.1) is 0 Å². The van der Waals surface area contributed by atoms with Gasteiger partial charge >= 0.3 is 0 Å². The van der Waals surface area contributed by atoms with E-state index in [9.17, 15) is 0 Å². The molecule has 0 aromatic rings. The molecule has 24 heavy (non-hydrogen) atoms. The van der Waals surface area contributed by atoms with Crippen molar-refractivity contribution in [3.05, 3.63) is 0 Å². The van der Waals surface area contributed by atoms with Gasteiger partial charge in [0.15, 0.2) is 0 Å². The zero-order valence-electron chi connectivity index (χ0n) is 16.1. The SMILES string of the molecule is C[C@@H]1CN(C[C@@H]2CCCN2CCO[C@@H]2CCCC[C@H]2C)C[C@H](C)O1. The van der Waals surface area contributed by atoms with Crippen LogP contribution < -0.4 is 0 Å². The van der Waals surface area contributed by atoms with Crippen molar-refractivity contribution in [3.8, 4) is 0 Å². The third-order valence-corrected chi connectivity index (χ3v) is 6.21. The third kappa shape index (κ3) is 5.17. The summed E-state index contributed by atoms with van der Waals surface area (Å²) in [6.45, 7) is 13.4. The summed E-state index contributed by atoms with van der Waals surface area (Å²) >= 11 is 0. The zero-order valence-corrected chi connectivity index (χ0v) is 16.1. The zero-order chi connectivity index (χ0) is 16.9. The van der Waals surface area contributed by atoms with Crippen molar-refractivity contribution >= 4 is 0 Å². The van der Waals surface area contributed by atoms with Gasteiger partial charge in [0, 0.05) is 32.2 Å². The van der Waals surface area contributed by atoms with Crippen LogP contribution in [0.1, 0.15) is 59.3 Å². The predicted molar refractivity (Wildman–Crippen MR) is 98.4 cm³/mol. The standard InChI is InChI=1S/C20H38N2O2/c1-16-7-4-5-9-20(16)23-12-11-22-10-6-8-19(22)15-21-13-17(2)24-18(3)14-21/h16-20H,4-15H2,1-3H3/t16-,17-,18+,19+,20-/m1/s1. The highest BCUT2D eigenvalue weighted by molar-refractivity contribution is 4.84. The predicted octanol–water partition coefficient (Wildman–Crippen LogP) is 3.16. The molecule has 3 aliphatic rings. The Bertz CT molecular complexity index is 369. The molecule has 3 fully saturated rings. The van der Waals surface area contributed by atoms with E-state index in [0.717, 1.165) is 38.2 Å². The van der Waals surface area contributed by atoms with Crippen LogP contribution in [0.4, 0.5) is 0 Å². The van der Waals surface area contributed by atoms with Crippen molar-refractivity contribution in [1.29, 1.82) is 0 Å². The molecule has 140 valence electrons. The maximum atomic E-state index is 6.25. The quantitative estimate of drug-likeness (QED) is 0.743. The molecule has 1 aliphatic carbocycles. The van der Waals surface area contributed by atoms with Gasteiger partial charge in [-0.3, -0.25) is 9.80 Å². The lowest BCUT2D eigenvalue weighted by atomic mass is 9.88. The van der Waals surface area contributed by atoms with Crippen LogP contribution in [-0.4, -0.2) is 73.5 Å². The van der Waals surface area contributed by atoms with Crippen LogP contribution in [0.5, 0.6) is 0 Å². The third-order valence-electron chi connectivity index (χ3n) is 6.21. The highest BCUT2D eigenvalue weighted by Crippen LogP contribution is 2.26. The minimum Gasteiger partial charge on any atom is -0.377 e. The van der Waals surface area contributed by atoms with Crippen molar-refractivity contribution < 1.29 is 9.47 Å². The Morgan fingerprint density at radius 1 is 0.958 bits per heavy atom. The maximum Gasteiger partial charge on any atom is 0.0678 e. The Hall–Kier alpha value is -0.160. The Labute approximate surface area is 148 Å². The molecule has 3 rings (SSSR count). The molecule has 0 aromatic carbocycles. The van der Waals surface area contributed by atoms with Crippen LogP contribution in [-0.2, 0) is 9.47 Å². The van der Waals surface area contributed by atoms with Gasteiger partial charge in [-0.2, -0.15) is 0 Å². The maximum absolute atomic E-state index is 6.25. The molecule has 0 unspecified atom stereocenters. The van der Waals surface area contributed by atoms with Crippen molar-refractivity contribution in [2.24, 2.45) is 5.92 Å². The second-order valence-electron chi connectivity index (χ2n) is 8.48. The molecule has 4 nitrogen and oxygen atoms in total. The molecule has 4 heteroatoms. The molecule has 0 amide bonds.